The van der Waals surface area contributed by atoms with Gasteiger partial charge in [-0.15, -0.1) is 5.10 Å². The molecule has 0 atom stereocenters. The number of aliphatic imine (C=N–C) groups is 1. The first-order valence-electron chi connectivity index (χ1n) is 12.7. The minimum absolute atomic E-state index is 0.0950. The molecule has 0 radical (unpaired) electrons. The first-order valence-corrected chi connectivity index (χ1v) is 14.3. The number of nitrogens with zero attached hydrogens (tertiary/aromatic N) is 6. The van der Waals surface area contributed by atoms with E-state index in [1.165, 1.54) is 23.6 Å². The third-order valence-corrected chi connectivity index (χ3v) is 8.69. The van der Waals surface area contributed by atoms with Gasteiger partial charge >= 0.3 is 5.97 Å². The number of anilines is 1. The predicted octanol–water partition coefficient (Wildman–Crippen LogP) is 5.34. The maximum atomic E-state index is 15.3. The zero-order chi connectivity index (χ0) is 28.0. The van der Waals surface area contributed by atoms with E-state index < -0.39 is 17.2 Å². The molecule has 0 unspecified atom stereocenters. The molecule has 1 aliphatic heterocycles. The Labute approximate surface area is 242 Å². The average Bonchev–Trinajstić information content (AvgIpc) is 3.72. The number of hydrogen-bond acceptors (Lipinski definition) is 8. The second-order valence-corrected chi connectivity index (χ2v) is 11.8. The molecule has 0 amide bonds. The molecule has 2 aromatic heterocycles. The monoisotopic (exact) mass is 598 g/mol. The number of benzene rings is 2. The molecule has 9 nitrogen and oxygen atoms in total. The zero-order valence-electron chi connectivity index (χ0n) is 21.2. The molecule has 2 aromatic carbocycles. The number of hydrogen-bond donors (Lipinski definition) is 1. The third kappa shape index (κ3) is 5.31. The van der Waals surface area contributed by atoms with Crippen molar-refractivity contribution >= 4 is 69.1 Å². The van der Waals surface area contributed by atoms with E-state index in [4.69, 9.17) is 23.8 Å². The number of carboxylic acid groups (broad SMARTS) is 1. The van der Waals surface area contributed by atoms with Crippen LogP contribution in [0.15, 0.2) is 52.4 Å². The normalized spacial score (nSPS) is 16.3. The highest BCUT2D eigenvalue weighted by molar-refractivity contribution is 7.73. The van der Waals surface area contributed by atoms with Gasteiger partial charge in [-0.3, -0.25) is 9.69 Å². The van der Waals surface area contributed by atoms with Gasteiger partial charge in [0, 0.05) is 60.6 Å². The van der Waals surface area contributed by atoms with Crippen molar-refractivity contribution in [2.45, 2.75) is 25.6 Å². The molecule has 1 saturated carbocycles. The number of carboxylic acids is 1. The molecule has 0 spiro atoms. The quantitative estimate of drug-likeness (QED) is 0.226. The molecule has 1 saturated heterocycles. The Hall–Kier alpha value is -3.45. The maximum absolute atomic E-state index is 15.3. The summed E-state index contributed by atoms with van der Waals surface area (Å²) < 4.78 is 19.4. The lowest BCUT2D eigenvalue weighted by Gasteiger charge is -2.36. The Morgan fingerprint density at radius 1 is 1.23 bits per heavy atom. The van der Waals surface area contributed by atoms with Crippen molar-refractivity contribution in [1.29, 1.82) is 0 Å². The predicted molar refractivity (Wildman–Crippen MR) is 157 cm³/mol. The maximum Gasteiger partial charge on any atom is 0.341 e. The van der Waals surface area contributed by atoms with Gasteiger partial charge in [-0.05, 0) is 43.3 Å². The lowest BCUT2D eigenvalue weighted by atomic mass is 10.1. The number of piperazine rings is 1. The molecular weight excluding hydrogens is 575 g/mol. The third-order valence-electron chi connectivity index (χ3n) is 7.13. The van der Waals surface area contributed by atoms with Crippen LogP contribution in [0, 0.1) is 9.77 Å². The highest BCUT2D eigenvalue weighted by Gasteiger charge is 2.28. The second-order valence-electron chi connectivity index (χ2n) is 9.81. The van der Waals surface area contributed by atoms with Crippen LogP contribution < -0.4 is 10.3 Å². The fraction of sp³-hybridized carbons (Fsp3) is 0.296. The van der Waals surface area contributed by atoms with Crippen molar-refractivity contribution in [2.75, 3.05) is 31.1 Å². The summed E-state index contributed by atoms with van der Waals surface area (Å²) in [5.74, 6) is -1.84. The van der Waals surface area contributed by atoms with Crippen LogP contribution >= 0.6 is 35.2 Å². The van der Waals surface area contributed by atoms with Gasteiger partial charge < -0.3 is 14.6 Å². The van der Waals surface area contributed by atoms with Gasteiger partial charge in [0.05, 0.1) is 17.9 Å². The number of halogens is 2. The van der Waals surface area contributed by atoms with Crippen LogP contribution in [0.25, 0.3) is 10.9 Å². The minimum Gasteiger partial charge on any atom is -0.477 e. The van der Waals surface area contributed by atoms with Crippen LogP contribution in [0.4, 0.5) is 15.2 Å². The van der Waals surface area contributed by atoms with Crippen LogP contribution in [0.3, 0.4) is 0 Å². The fourth-order valence-electron chi connectivity index (χ4n) is 4.87. The lowest BCUT2D eigenvalue weighted by molar-refractivity contribution is 0.0695. The first kappa shape index (κ1) is 26.8. The smallest absolute Gasteiger partial charge is 0.341 e. The number of carbonyl (C=O) groups is 1. The summed E-state index contributed by atoms with van der Waals surface area (Å²) in [6, 6.07) is 10.4. The van der Waals surface area contributed by atoms with Crippen molar-refractivity contribution in [1.82, 2.24) is 19.2 Å². The first-order chi connectivity index (χ1) is 19.3. The molecule has 6 rings (SSSR count). The fourth-order valence-corrected chi connectivity index (χ4v) is 5.98. The molecule has 2 aliphatic rings. The summed E-state index contributed by atoms with van der Waals surface area (Å²) in [6.07, 6.45) is 4.86. The van der Waals surface area contributed by atoms with Crippen molar-refractivity contribution in [2.24, 2.45) is 4.99 Å². The van der Waals surface area contributed by atoms with E-state index >= 15 is 4.39 Å². The summed E-state index contributed by atoms with van der Waals surface area (Å²) in [7, 11) is 0. The van der Waals surface area contributed by atoms with E-state index in [0.29, 0.717) is 58.2 Å². The van der Waals surface area contributed by atoms with Gasteiger partial charge in [0.2, 0.25) is 10.6 Å². The molecule has 2 fully saturated rings. The van der Waals surface area contributed by atoms with E-state index in [1.54, 1.807) is 23.0 Å². The van der Waals surface area contributed by atoms with E-state index in [0.717, 1.165) is 18.4 Å². The van der Waals surface area contributed by atoms with E-state index in [9.17, 15) is 14.7 Å². The molecule has 40 heavy (non-hydrogen) atoms. The van der Waals surface area contributed by atoms with Crippen molar-refractivity contribution < 1.29 is 14.3 Å². The number of aromatic nitrogens is 3. The van der Waals surface area contributed by atoms with E-state index in [-0.39, 0.29) is 17.0 Å². The molecule has 13 heteroatoms. The van der Waals surface area contributed by atoms with Gasteiger partial charge in [0.15, 0.2) is 3.95 Å². The molecule has 206 valence electrons. The molecule has 1 N–H and O–H groups in total. The second kappa shape index (κ2) is 10.8. The Balaban J connectivity index is 1.17. The Bertz CT molecular complexity index is 1770. The van der Waals surface area contributed by atoms with Gasteiger partial charge in [-0.2, -0.15) is 0 Å². The lowest BCUT2D eigenvalue weighted by Crippen LogP contribution is -2.47. The molecule has 1 aliphatic carbocycles. The Morgan fingerprint density at radius 2 is 1.98 bits per heavy atom. The number of rotatable bonds is 7. The Kier molecular flexibility index (Phi) is 7.26. The summed E-state index contributed by atoms with van der Waals surface area (Å²) >= 11 is 13.0. The summed E-state index contributed by atoms with van der Waals surface area (Å²) in [5, 5.41) is 15.2. The van der Waals surface area contributed by atoms with Crippen molar-refractivity contribution in [3.8, 4) is 0 Å². The zero-order valence-corrected chi connectivity index (χ0v) is 23.6. The van der Waals surface area contributed by atoms with Crippen LogP contribution in [0.2, 0.25) is 5.02 Å². The molecular formula is C27H24ClFN6O3S2. The standard InChI is InChI=1S/C27H24ClFN6O3S2/c28-20-4-2-1-3-16(20)13-30-26-31-35(27(39)40-26)15-32-7-9-33(10-8-32)23-12-22-18(11-21(23)29)24(36)19(25(37)38)14-34(22)17-5-6-17/h1-4,11-14,17H,5-10,15H2,(H,37,38)/b30-13+. The molecule has 0 bridgehead atoms. The van der Waals surface area contributed by atoms with Gasteiger partial charge in [-0.1, -0.05) is 41.1 Å². The van der Waals surface area contributed by atoms with Crippen LogP contribution in [-0.2, 0) is 6.67 Å². The highest BCUT2D eigenvalue weighted by atomic mass is 35.5. The SMILES string of the molecule is O=C(O)c1cn(C2CC2)c2cc(N3CCN(Cn4nc(/N=C/c5ccccc5Cl)sc4=S)CC3)c(F)cc2c1=O. The van der Waals surface area contributed by atoms with Crippen LogP contribution in [0.5, 0.6) is 0 Å². The average molecular weight is 599 g/mol. The summed E-state index contributed by atoms with van der Waals surface area (Å²) in [5.41, 5.74) is 0.773. The number of aromatic carboxylic acids is 1. The van der Waals surface area contributed by atoms with Crippen LogP contribution in [0.1, 0.15) is 34.8 Å². The van der Waals surface area contributed by atoms with Gasteiger partial charge in [0.1, 0.15) is 11.4 Å². The Morgan fingerprint density at radius 3 is 2.67 bits per heavy atom. The number of pyridine rings is 1. The van der Waals surface area contributed by atoms with Crippen LogP contribution in [-0.4, -0.2) is 62.7 Å². The summed E-state index contributed by atoms with van der Waals surface area (Å²) in [6.45, 7) is 2.94. The molecule has 4 aromatic rings. The van der Waals surface area contributed by atoms with Gasteiger partial charge in [0.25, 0.3) is 0 Å². The van der Waals surface area contributed by atoms with E-state index in [2.05, 4.69) is 15.0 Å². The van der Waals surface area contributed by atoms with E-state index in [1.807, 2.05) is 27.7 Å². The summed E-state index contributed by atoms with van der Waals surface area (Å²) in [4.78, 5) is 32.9. The number of fused-ring (bicyclic) bond motifs is 1. The molecule has 3 heterocycles. The van der Waals surface area contributed by atoms with Gasteiger partial charge in [-0.25, -0.2) is 18.9 Å². The van der Waals surface area contributed by atoms with Crippen molar-refractivity contribution in [3.05, 3.63) is 78.7 Å². The largest absolute Gasteiger partial charge is 0.477 e. The topological polar surface area (TPSA) is 96.0 Å². The highest BCUT2D eigenvalue weighted by Crippen LogP contribution is 2.38. The van der Waals surface area contributed by atoms with Crippen molar-refractivity contribution in [3.63, 3.8) is 0 Å². The minimum atomic E-state index is -1.30.